The largest absolute Gasteiger partial charge is 0.504 e. The Hall–Kier alpha value is -3.42. The molecule has 0 aliphatic carbocycles. The average molecular weight is 388 g/mol. The number of benzene rings is 2. The van der Waals surface area contributed by atoms with Crippen LogP contribution < -0.4 is 10.6 Å². The van der Waals surface area contributed by atoms with E-state index in [2.05, 4.69) is 10.6 Å². The van der Waals surface area contributed by atoms with Crippen LogP contribution in [-0.2, 0) is 16.0 Å². The van der Waals surface area contributed by atoms with Gasteiger partial charge in [-0.25, -0.2) is 0 Å². The Kier molecular flexibility index (Phi) is 6.70. The number of carbonyl (C=O) groups excluding carboxylic acids is 2. The van der Waals surface area contributed by atoms with Crippen LogP contribution in [0.5, 0.6) is 23.0 Å². The highest BCUT2D eigenvalue weighted by atomic mass is 16.3. The van der Waals surface area contributed by atoms with E-state index in [1.807, 2.05) is 0 Å². The van der Waals surface area contributed by atoms with Crippen LogP contribution in [0.25, 0.3) is 0 Å². The number of hydrogen-bond donors (Lipinski definition) is 6. The lowest BCUT2D eigenvalue weighted by molar-refractivity contribution is -0.119. The zero-order valence-electron chi connectivity index (χ0n) is 15.7. The molecule has 0 radical (unpaired) electrons. The van der Waals surface area contributed by atoms with E-state index in [0.717, 1.165) is 0 Å². The van der Waals surface area contributed by atoms with Crippen molar-refractivity contribution in [1.82, 2.24) is 10.6 Å². The van der Waals surface area contributed by atoms with Crippen LogP contribution in [0.1, 0.15) is 36.5 Å². The highest BCUT2D eigenvalue weighted by molar-refractivity contribution is 5.73. The predicted octanol–water partition coefficient (Wildman–Crippen LogP) is 1.46. The van der Waals surface area contributed by atoms with Crippen LogP contribution in [0.2, 0.25) is 0 Å². The van der Waals surface area contributed by atoms with Crippen molar-refractivity contribution in [1.29, 1.82) is 0 Å². The molecular weight excluding hydrogens is 364 g/mol. The third-order valence-corrected chi connectivity index (χ3v) is 4.34. The second kappa shape index (κ2) is 8.98. The van der Waals surface area contributed by atoms with Gasteiger partial charge in [-0.15, -0.1) is 0 Å². The summed E-state index contributed by atoms with van der Waals surface area (Å²) in [6.45, 7) is 3.25. The molecule has 6 N–H and O–H groups in total. The standard InChI is InChI=1S/C20H24N2O6/c1-11(23)21-6-5-14-8-19(27)20(28)9-15(14)16(10-22-12(2)24)13-3-4-17(25)18(26)7-13/h3-4,7-9,16,25-28H,5-6,10H2,1-2H3,(H,21,23)(H,22,24)/t16-/m0/s1. The molecule has 0 aliphatic heterocycles. The smallest absolute Gasteiger partial charge is 0.216 e. The van der Waals surface area contributed by atoms with Crippen LogP contribution in [0, 0.1) is 0 Å². The lowest BCUT2D eigenvalue weighted by atomic mass is 9.86. The number of phenols is 4. The van der Waals surface area contributed by atoms with Crippen molar-refractivity contribution < 1.29 is 30.0 Å². The van der Waals surface area contributed by atoms with Gasteiger partial charge in [-0.3, -0.25) is 9.59 Å². The van der Waals surface area contributed by atoms with Crippen LogP contribution in [0.4, 0.5) is 0 Å². The molecule has 150 valence electrons. The van der Waals surface area contributed by atoms with E-state index in [1.54, 1.807) is 6.07 Å². The van der Waals surface area contributed by atoms with Crippen LogP contribution in [0.3, 0.4) is 0 Å². The first-order chi connectivity index (χ1) is 13.2. The second-order valence-corrected chi connectivity index (χ2v) is 6.51. The monoisotopic (exact) mass is 388 g/mol. The van der Waals surface area contributed by atoms with E-state index in [-0.39, 0.29) is 41.4 Å². The van der Waals surface area contributed by atoms with Crippen LogP contribution in [0.15, 0.2) is 30.3 Å². The number of amides is 2. The Balaban J connectivity index is 2.50. The molecule has 0 spiro atoms. The molecular formula is C20H24N2O6. The molecule has 0 saturated heterocycles. The topological polar surface area (TPSA) is 139 Å². The van der Waals surface area contributed by atoms with Gasteiger partial charge in [-0.1, -0.05) is 6.07 Å². The Labute approximate surface area is 162 Å². The number of hydrogen-bond acceptors (Lipinski definition) is 6. The zero-order valence-corrected chi connectivity index (χ0v) is 15.7. The van der Waals surface area contributed by atoms with Crippen molar-refractivity contribution in [3.8, 4) is 23.0 Å². The Morgan fingerprint density at radius 1 is 0.857 bits per heavy atom. The van der Waals surface area contributed by atoms with Gasteiger partial charge in [0.1, 0.15) is 0 Å². The van der Waals surface area contributed by atoms with Gasteiger partial charge in [-0.05, 0) is 47.4 Å². The molecule has 2 rings (SSSR count). The maximum absolute atomic E-state index is 11.4. The van der Waals surface area contributed by atoms with E-state index < -0.39 is 5.92 Å². The van der Waals surface area contributed by atoms with E-state index in [0.29, 0.717) is 29.7 Å². The number of carbonyl (C=O) groups is 2. The fourth-order valence-corrected chi connectivity index (χ4v) is 2.96. The van der Waals surface area contributed by atoms with Crippen molar-refractivity contribution in [2.75, 3.05) is 13.1 Å². The zero-order chi connectivity index (χ0) is 20.8. The van der Waals surface area contributed by atoms with E-state index in [4.69, 9.17) is 0 Å². The lowest BCUT2D eigenvalue weighted by Gasteiger charge is -2.23. The fraction of sp³-hybridized carbons (Fsp3) is 0.300. The van der Waals surface area contributed by atoms with Crippen molar-refractivity contribution in [2.24, 2.45) is 0 Å². The molecule has 0 fully saturated rings. The van der Waals surface area contributed by atoms with Gasteiger partial charge < -0.3 is 31.1 Å². The summed E-state index contributed by atoms with van der Waals surface area (Å²) in [4.78, 5) is 22.6. The first kappa shape index (κ1) is 20.9. The van der Waals surface area contributed by atoms with Gasteiger partial charge in [0.2, 0.25) is 11.8 Å². The molecule has 8 heteroatoms. The maximum Gasteiger partial charge on any atom is 0.216 e. The normalized spacial score (nSPS) is 11.6. The van der Waals surface area contributed by atoms with Gasteiger partial charge >= 0.3 is 0 Å². The molecule has 0 aromatic heterocycles. The third-order valence-electron chi connectivity index (χ3n) is 4.34. The fourth-order valence-electron chi connectivity index (χ4n) is 2.96. The molecule has 0 aliphatic rings. The molecule has 8 nitrogen and oxygen atoms in total. The molecule has 0 unspecified atom stereocenters. The second-order valence-electron chi connectivity index (χ2n) is 6.51. The highest BCUT2D eigenvalue weighted by Gasteiger charge is 2.21. The van der Waals surface area contributed by atoms with Crippen LogP contribution in [-0.4, -0.2) is 45.3 Å². The van der Waals surface area contributed by atoms with Gasteiger partial charge in [0.25, 0.3) is 0 Å². The summed E-state index contributed by atoms with van der Waals surface area (Å²) in [6, 6.07) is 7.12. The molecule has 0 heterocycles. The highest BCUT2D eigenvalue weighted by Crippen LogP contribution is 2.37. The number of rotatable bonds is 7. The summed E-state index contributed by atoms with van der Waals surface area (Å²) in [7, 11) is 0. The molecule has 28 heavy (non-hydrogen) atoms. The molecule has 2 aromatic carbocycles. The summed E-state index contributed by atoms with van der Waals surface area (Å²) >= 11 is 0. The molecule has 2 amide bonds. The van der Waals surface area contributed by atoms with Crippen LogP contribution >= 0.6 is 0 Å². The molecule has 0 bridgehead atoms. The minimum absolute atomic E-state index is 0.164. The lowest BCUT2D eigenvalue weighted by Crippen LogP contribution is -2.28. The minimum Gasteiger partial charge on any atom is -0.504 e. The Bertz CT molecular complexity index is 881. The van der Waals surface area contributed by atoms with Crippen molar-refractivity contribution in [3.05, 3.63) is 47.0 Å². The van der Waals surface area contributed by atoms with Crippen molar-refractivity contribution >= 4 is 11.8 Å². The van der Waals surface area contributed by atoms with Gasteiger partial charge in [0.15, 0.2) is 23.0 Å². The first-order valence-electron chi connectivity index (χ1n) is 8.74. The summed E-state index contributed by atoms with van der Waals surface area (Å²) in [6.07, 6.45) is 0.378. The van der Waals surface area contributed by atoms with E-state index in [1.165, 1.54) is 38.1 Å². The number of nitrogens with one attached hydrogen (secondary N) is 2. The predicted molar refractivity (Wildman–Crippen MR) is 102 cm³/mol. The van der Waals surface area contributed by atoms with Gasteiger partial charge in [-0.2, -0.15) is 0 Å². The summed E-state index contributed by atoms with van der Waals surface area (Å²) in [5.41, 5.74) is 1.86. The quantitative estimate of drug-likeness (QED) is 0.397. The maximum atomic E-state index is 11.4. The van der Waals surface area contributed by atoms with Crippen molar-refractivity contribution in [2.45, 2.75) is 26.2 Å². The average Bonchev–Trinajstić information content (AvgIpc) is 2.61. The summed E-state index contributed by atoms with van der Waals surface area (Å²) in [5.74, 6) is -2.13. The summed E-state index contributed by atoms with van der Waals surface area (Å²) in [5, 5.41) is 44.8. The summed E-state index contributed by atoms with van der Waals surface area (Å²) < 4.78 is 0. The number of aromatic hydroxyl groups is 4. The number of phenolic OH excluding ortho intramolecular Hbond substituents is 4. The van der Waals surface area contributed by atoms with Gasteiger partial charge in [0.05, 0.1) is 0 Å². The van der Waals surface area contributed by atoms with Crippen molar-refractivity contribution in [3.63, 3.8) is 0 Å². The first-order valence-corrected chi connectivity index (χ1v) is 8.74. The molecule has 0 saturated carbocycles. The third kappa shape index (κ3) is 5.29. The Morgan fingerprint density at radius 2 is 1.46 bits per heavy atom. The van der Waals surface area contributed by atoms with E-state index >= 15 is 0 Å². The van der Waals surface area contributed by atoms with Gasteiger partial charge in [0, 0.05) is 32.9 Å². The SMILES string of the molecule is CC(=O)NCCc1cc(O)c(O)cc1[C@@H](CNC(C)=O)c1ccc(O)c(O)c1. The van der Waals surface area contributed by atoms with E-state index in [9.17, 15) is 30.0 Å². The molecule has 1 atom stereocenters. The minimum atomic E-state index is -0.478. The molecule has 2 aromatic rings. The Morgan fingerprint density at radius 3 is 2.07 bits per heavy atom.